The van der Waals surface area contributed by atoms with Crippen molar-refractivity contribution in [1.29, 1.82) is 0 Å². The Morgan fingerprint density at radius 1 is 0.677 bits per heavy atom. The maximum atomic E-state index is 5.63. The van der Waals surface area contributed by atoms with Crippen LogP contribution in [0.4, 0.5) is 0 Å². The average molecular weight is 456 g/mol. The molecule has 0 aromatic carbocycles. The lowest BCUT2D eigenvalue weighted by Crippen LogP contribution is -2.48. The fourth-order valence-corrected chi connectivity index (χ4v) is 5.60. The van der Waals surface area contributed by atoms with Gasteiger partial charge in [-0.2, -0.15) is 0 Å². The van der Waals surface area contributed by atoms with E-state index in [4.69, 9.17) is 9.47 Å². The van der Waals surface area contributed by atoms with Crippen molar-refractivity contribution in [2.75, 3.05) is 72.1 Å². The lowest BCUT2D eigenvalue weighted by Gasteiger charge is -2.35. The molecule has 0 N–H and O–H groups in total. The van der Waals surface area contributed by atoms with Gasteiger partial charge in [0.2, 0.25) is 0 Å². The van der Waals surface area contributed by atoms with Gasteiger partial charge in [-0.3, -0.25) is 4.90 Å². The van der Waals surface area contributed by atoms with E-state index in [1.54, 1.807) is 0 Å². The second-order valence-corrected chi connectivity index (χ2v) is 10.2. The molecule has 1 aliphatic rings. The minimum Gasteiger partial charge on any atom is -0.357 e. The Balaban J connectivity index is 1.94. The molecule has 184 valence electrons. The summed E-state index contributed by atoms with van der Waals surface area (Å²) in [6.07, 6.45) is 10.8. The van der Waals surface area contributed by atoms with Gasteiger partial charge in [-0.25, -0.2) is 0 Å². The van der Waals surface area contributed by atoms with E-state index < -0.39 is 0 Å². The van der Waals surface area contributed by atoms with Crippen molar-refractivity contribution in [3.05, 3.63) is 0 Å². The molecule has 0 bridgehead atoms. The quantitative estimate of drug-likeness (QED) is 0.144. The standard InChI is InChI=1S/C25H53N3O2Si/c1-5-15-26(16-6-2)18-21-28-22-19-27(20-23-28)17-13-11-9-10-12-14-24-31-25(29-7-3)30-8-4/h25H,5-24H2,1-4H3. The summed E-state index contributed by atoms with van der Waals surface area (Å²) >= 11 is 0. The second kappa shape index (κ2) is 20.6. The largest absolute Gasteiger partial charge is 0.357 e. The molecule has 5 nitrogen and oxygen atoms in total. The minimum absolute atomic E-state index is 0.0436. The number of rotatable bonds is 21. The molecule has 0 spiro atoms. The molecule has 0 aromatic rings. The summed E-state index contributed by atoms with van der Waals surface area (Å²) in [4.78, 5) is 8.01. The molecule has 2 radical (unpaired) electrons. The van der Waals surface area contributed by atoms with Crippen molar-refractivity contribution in [3.8, 4) is 0 Å². The predicted molar refractivity (Wildman–Crippen MR) is 135 cm³/mol. The smallest absolute Gasteiger partial charge is 0.137 e. The Hall–Kier alpha value is 0.0169. The van der Waals surface area contributed by atoms with Crippen molar-refractivity contribution in [2.24, 2.45) is 0 Å². The predicted octanol–water partition coefficient (Wildman–Crippen LogP) is 4.55. The summed E-state index contributed by atoms with van der Waals surface area (Å²) in [5.74, 6) is 0.0436. The first kappa shape index (κ1) is 29.0. The average Bonchev–Trinajstić information content (AvgIpc) is 2.77. The SMILES string of the molecule is CCCN(CCC)CCN1CCN(CCCCCCCC[Si]C(OCC)OCC)CC1. The van der Waals surface area contributed by atoms with Crippen LogP contribution in [0.15, 0.2) is 0 Å². The highest BCUT2D eigenvalue weighted by Gasteiger charge is 2.16. The monoisotopic (exact) mass is 455 g/mol. The maximum absolute atomic E-state index is 5.63. The van der Waals surface area contributed by atoms with E-state index in [1.165, 1.54) is 116 Å². The van der Waals surface area contributed by atoms with Crippen LogP contribution in [0.2, 0.25) is 6.04 Å². The van der Waals surface area contributed by atoms with Crippen molar-refractivity contribution in [3.63, 3.8) is 0 Å². The number of hydrogen-bond donors (Lipinski definition) is 0. The third-order valence-electron chi connectivity index (χ3n) is 6.13. The highest BCUT2D eigenvalue weighted by molar-refractivity contribution is 6.36. The number of piperazine rings is 1. The summed E-state index contributed by atoms with van der Waals surface area (Å²) in [5, 5.41) is 0. The lowest BCUT2D eigenvalue weighted by molar-refractivity contribution is -0.0827. The Morgan fingerprint density at radius 2 is 1.19 bits per heavy atom. The molecule has 0 aliphatic carbocycles. The van der Waals surface area contributed by atoms with Gasteiger partial charge in [0.1, 0.15) is 15.4 Å². The summed E-state index contributed by atoms with van der Waals surface area (Å²) in [5.41, 5.74) is 0. The Kier molecular flexibility index (Phi) is 19.3. The van der Waals surface area contributed by atoms with Crippen LogP contribution in [0.3, 0.4) is 0 Å². The van der Waals surface area contributed by atoms with Gasteiger partial charge in [-0.15, -0.1) is 0 Å². The minimum atomic E-state index is 0.0436. The third-order valence-corrected chi connectivity index (χ3v) is 7.43. The summed E-state index contributed by atoms with van der Waals surface area (Å²) in [6, 6.07) is 1.25. The van der Waals surface area contributed by atoms with E-state index in [0.29, 0.717) is 0 Å². The second-order valence-electron chi connectivity index (χ2n) is 8.84. The summed E-state index contributed by atoms with van der Waals surface area (Å²) < 4.78 is 11.3. The van der Waals surface area contributed by atoms with E-state index in [2.05, 4.69) is 28.5 Å². The highest BCUT2D eigenvalue weighted by atomic mass is 28.2. The zero-order chi connectivity index (χ0) is 22.6. The van der Waals surface area contributed by atoms with E-state index in [-0.39, 0.29) is 5.91 Å². The van der Waals surface area contributed by atoms with Gasteiger partial charge in [0.25, 0.3) is 0 Å². The van der Waals surface area contributed by atoms with Crippen LogP contribution < -0.4 is 0 Å². The first-order valence-electron chi connectivity index (χ1n) is 13.4. The molecule has 0 amide bonds. The van der Waals surface area contributed by atoms with Crippen molar-refractivity contribution in [1.82, 2.24) is 14.7 Å². The molecule has 0 unspecified atom stereocenters. The maximum Gasteiger partial charge on any atom is 0.137 e. The zero-order valence-corrected chi connectivity index (χ0v) is 22.4. The van der Waals surface area contributed by atoms with E-state index in [0.717, 1.165) is 22.7 Å². The van der Waals surface area contributed by atoms with Gasteiger partial charge in [-0.1, -0.05) is 52.0 Å². The van der Waals surface area contributed by atoms with E-state index in [9.17, 15) is 0 Å². The number of unbranched alkanes of at least 4 members (excludes halogenated alkanes) is 5. The van der Waals surface area contributed by atoms with Crippen LogP contribution in [0, 0.1) is 0 Å². The van der Waals surface area contributed by atoms with Gasteiger partial charge in [0.15, 0.2) is 0 Å². The fourth-order valence-electron chi connectivity index (χ4n) is 4.34. The fraction of sp³-hybridized carbons (Fsp3) is 1.00. The molecule has 0 aromatic heterocycles. The van der Waals surface area contributed by atoms with Gasteiger partial charge in [0.05, 0.1) is 0 Å². The molecular weight excluding hydrogens is 402 g/mol. The molecule has 1 saturated heterocycles. The Labute approximate surface area is 197 Å². The number of hydrogen-bond acceptors (Lipinski definition) is 5. The van der Waals surface area contributed by atoms with E-state index >= 15 is 0 Å². The van der Waals surface area contributed by atoms with Crippen LogP contribution in [0.1, 0.15) is 79.1 Å². The number of nitrogens with zero attached hydrogens (tertiary/aromatic N) is 3. The van der Waals surface area contributed by atoms with Crippen LogP contribution in [-0.2, 0) is 9.47 Å². The van der Waals surface area contributed by atoms with Gasteiger partial charge in [0, 0.05) is 52.5 Å². The molecular formula is C25H53N3O2Si. The van der Waals surface area contributed by atoms with Gasteiger partial charge < -0.3 is 19.3 Å². The van der Waals surface area contributed by atoms with Gasteiger partial charge >= 0.3 is 0 Å². The van der Waals surface area contributed by atoms with Crippen LogP contribution in [-0.4, -0.2) is 102 Å². The molecule has 1 rings (SSSR count). The molecule has 0 atom stereocenters. The van der Waals surface area contributed by atoms with Crippen LogP contribution in [0.25, 0.3) is 0 Å². The van der Waals surface area contributed by atoms with Crippen molar-refractivity contribution in [2.45, 2.75) is 91.0 Å². The Bertz CT molecular complexity index is 370. The number of ether oxygens (including phenoxy) is 2. The van der Waals surface area contributed by atoms with Crippen molar-refractivity contribution >= 4 is 9.52 Å². The highest BCUT2D eigenvalue weighted by Crippen LogP contribution is 2.10. The topological polar surface area (TPSA) is 28.2 Å². The first-order valence-corrected chi connectivity index (χ1v) is 14.6. The molecule has 0 saturated carbocycles. The summed E-state index contributed by atoms with van der Waals surface area (Å²) in [6.45, 7) is 21.6. The van der Waals surface area contributed by atoms with Gasteiger partial charge in [-0.05, 0) is 52.7 Å². The molecule has 31 heavy (non-hydrogen) atoms. The summed E-state index contributed by atoms with van der Waals surface area (Å²) in [7, 11) is 0.789. The normalized spacial score (nSPS) is 16.1. The lowest BCUT2D eigenvalue weighted by atomic mass is 10.1. The molecule has 1 fully saturated rings. The Morgan fingerprint density at radius 3 is 1.74 bits per heavy atom. The van der Waals surface area contributed by atoms with E-state index in [1.807, 2.05) is 13.8 Å². The van der Waals surface area contributed by atoms with Crippen molar-refractivity contribution < 1.29 is 9.47 Å². The third kappa shape index (κ3) is 15.5. The van der Waals surface area contributed by atoms with Crippen LogP contribution in [0.5, 0.6) is 0 Å². The zero-order valence-electron chi connectivity index (χ0n) is 21.4. The molecule has 1 aliphatic heterocycles. The molecule has 6 heteroatoms. The molecule has 1 heterocycles. The first-order chi connectivity index (χ1) is 15.2. The van der Waals surface area contributed by atoms with Crippen LogP contribution >= 0.6 is 0 Å².